The van der Waals surface area contributed by atoms with Crippen LogP contribution in [0.1, 0.15) is 150 Å². The zero-order valence-electron chi connectivity index (χ0n) is 71.6. The van der Waals surface area contributed by atoms with Crippen molar-refractivity contribution in [1.29, 1.82) is 0 Å². The number of allylic oxidation sites excluding steroid dienone is 8. The molecule has 0 spiro atoms. The Hall–Kier alpha value is -9.92. The van der Waals surface area contributed by atoms with Gasteiger partial charge in [0, 0.05) is 161 Å². The summed E-state index contributed by atoms with van der Waals surface area (Å²) in [6.45, 7) is 18.1. The Morgan fingerprint density at radius 3 is 1.35 bits per heavy atom. The molecule has 0 atom stereocenters. The number of carbonyl (C=O) groups excluding carboxylic acids is 4. The van der Waals surface area contributed by atoms with Crippen LogP contribution in [0.2, 0.25) is 0 Å². The van der Waals surface area contributed by atoms with Gasteiger partial charge in [-0.25, -0.2) is 11.3 Å². The predicted octanol–water partition coefficient (Wildman–Crippen LogP) is 26.9. The maximum absolute atomic E-state index is 10.0. The van der Waals surface area contributed by atoms with Gasteiger partial charge in [-0.3, -0.25) is 24.2 Å². The first-order valence-corrected chi connectivity index (χ1v) is 40.8. The Labute approximate surface area is 804 Å². The number of benzene rings is 8. The van der Waals surface area contributed by atoms with Crippen molar-refractivity contribution in [1.82, 2.24) is 24.9 Å². The molecule has 8 aromatic carbocycles. The third-order valence-electron chi connectivity index (χ3n) is 18.1. The van der Waals surface area contributed by atoms with Crippen LogP contribution in [0.25, 0.3) is 98.5 Å². The number of aryl methyl sites for hydroxylation is 1. The van der Waals surface area contributed by atoms with Gasteiger partial charge in [0.05, 0.1) is 28.6 Å². The summed E-state index contributed by atoms with van der Waals surface area (Å²) in [6.07, 6.45) is 25.0. The number of nitrogens with zero attached hydrogens (tertiary/aromatic N) is 5. The Morgan fingerprint density at radius 1 is 0.387 bits per heavy atom. The quantitative estimate of drug-likeness (QED) is 0.0257. The topological polar surface area (TPSA) is 214 Å². The van der Waals surface area contributed by atoms with Crippen molar-refractivity contribution >= 4 is 66.2 Å². The number of aromatic nitrogens is 5. The number of pyridine rings is 5. The van der Waals surface area contributed by atoms with Gasteiger partial charge in [-0.1, -0.05) is 203 Å². The van der Waals surface area contributed by atoms with Gasteiger partial charge in [-0.15, -0.1) is 161 Å². The minimum atomic E-state index is -0.125. The van der Waals surface area contributed by atoms with Gasteiger partial charge in [-0.05, 0) is 160 Å². The van der Waals surface area contributed by atoms with Crippen LogP contribution in [-0.2, 0) is 125 Å². The van der Waals surface area contributed by atoms with Gasteiger partial charge in [0.15, 0.2) is 23.1 Å². The fraction of sp³-hybridized carbons (Fsp3) is 0.210. The standard InChI is InChI=1S/C30H36N.2C15H10N.C13H8NS.C12H10N.4C5H8O2.5Ir/c1-3-5-7-12-20-30(21-13-8-6-4-2)27-16-10-9-15-25(27)26-19-18-24(23-28(26)30)29-17-11-14-22-31-29;1-2-7-13(8-3-1)15-14-9-5-4-6-12(14)10-11-16-15;1-2-6-12(7-3-1)15-11-10-13-8-4-5-9-14(13)16-15;1-2-7-12-10(5-1)9-13(15-12)11-6-3-4-8-14-11;1-10-6-5-9-13-12(10)11-7-3-2-4-8-11;4*1-4(6)3-5(2)7;;;;;/h9-11,14-17,19,22-23H,3-8,12-13,20-21H2,1-2H3;1-7,9-11H;1-6,8-11H;1-8H;2-7,9H,1H3;4*3,6H,1-2H3;;;;;/q5*-1;;;;;;;;;. The van der Waals surface area contributed by atoms with Crippen LogP contribution < -0.4 is 0 Å². The Morgan fingerprint density at radius 2 is 0.855 bits per heavy atom. The number of rotatable bonds is 19. The van der Waals surface area contributed by atoms with Crippen molar-refractivity contribution in [3.63, 3.8) is 0 Å². The summed E-state index contributed by atoms with van der Waals surface area (Å²) in [4.78, 5) is 63.5. The molecular weight excluding hydrogens is 2450 g/mol. The number of para-hydroxylation sites is 1. The summed E-state index contributed by atoms with van der Waals surface area (Å²) in [7, 11) is 0. The molecule has 0 fully saturated rings. The predicted molar refractivity (Wildman–Crippen MR) is 490 cm³/mol. The molecule has 1 aliphatic rings. The van der Waals surface area contributed by atoms with E-state index in [1.54, 1.807) is 16.9 Å². The molecule has 19 heteroatoms. The van der Waals surface area contributed by atoms with E-state index in [1.165, 1.54) is 192 Å². The van der Waals surface area contributed by atoms with Gasteiger partial charge in [0.1, 0.15) is 0 Å². The van der Waals surface area contributed by atoms with E-state index in [-0.39, 0.29) is 152 Å². The van der Waals surface area contributed by atoms with E-state index in [1.807, 2.05) is 176 Å². The Balaban J connectivity index is 0.000000494. The summed E-state index contributed by atoms with van der Waals surface area (Å²) in [5, 5.41) is 38.2. The van der Waals surface area contributed by atoms with E-state index in [0.717, 1.165) is 61.1 Å². The molecule has 14 aromatic rings. The van der Waals surface area contributed by atoms with Crippen LogP contribution in [0.3, 0.4) is 0 Å². The Bertz CT molecular complexity index is 5460. The minimum Gasteiger partial charge on any atom is -0.512 e. The van der Waals surface area contributed by atoms with E-state index in [2.05, 4.69) is 173 Å². The first-order chi connectivity index (χ1) is 57.5. The number of unbranched alkanes of at least 4 members (excludes halogenated alkanes) is 6. The van der Waals surface area contributed by atoms with Gasteiger partial charge in [0.2, 0.25) is 0 Å². The summed E-state index contributed by atoms with van der Waals surface area (Å²) in [5.74, 6) is -0.250. The molecule has 124 heavy (non-hydrogen) atoms. The summed E-state index contributed by atoms with van der Waals surface area (Å²) in [6, 6.07) is 101. The van der Waals surface area contributed by atoms with Crippen LogP contribution in [0.5, 0.6) is 0 Å². The second-order valence-electron chi connectivity index (χ2n) is 28.3. The van der Waals surface area contributed by atoms with Crippen molar-refractivity contribution < 1.29 is 140 Å². The van der Waals surface area contributed by atoms with Crippen LogP contribution >= 0.6 is 11.3 Å². The third-order valence-corrected chi connectivity index (χ3v) is 19.2. The minimum absolute atomic E-state index is 0. The average molecular weight is 2560 g/mol. The van der Waals surface area contributed by atoms with E-state index < -0.39 is 0 Å². The molecule has 655 valence electrons. The summed E-state index contributed by atoms with van der Waals surface area (Å²) >= 11 is 1.73. The number of hydrogen-bond donors (Lipinski definition) is 4. The van der Waals surface area contributed by atoms with E-state index >= 15 is 0 Å². The maximum Gasteiger partial charge on any atom is 0.155 e. The molecular formula is C105H106Ir5N5O8S-5. The molecule has 0 saturated carbocycles. The van der Waals surface area contributed by atoms with Crippen molar-refractivity contribution in [2.24, 2.45) is 0 Å². The van der Waals surface area contributed by atoms with Crippen molar-refractivity contribution in [2.45, 2.75) is 146 Å². The second kappa shape index (κ2) is 60.6. The molecule has 4 N–H and O–H groups in total. The zero-order chi connectivity index (χ0) is 85.7. The van der Waals surface area contributed by atoms with E-state index in [4.69, 9.17) is 20.4 Å². The van der Waals surface area contributed by atoms with Crippen molar-refractivity contribution in [3.8, 4) is 66.7 Å². The van der Waals surface area contributed by atoms with E-state index in [0.29, 0.717) is 0 Å². The molecule has 0 amide bonds. The summed E-state index contributed by atoms with van der Waals surface area (Å²) < 4.78 is 1.26. The number of ketones is 4. The molecule has 5 radical (unpaired) electrons. The molecule has 0 saturated heterocycles. The second-order valence-corrected chi connectivity index (χ2v) is 29.3. The number of carbonyl (C=O) groups is 4. The normalized spacial score (nSPS) is 11.1. The van der Waals surface area contributed by atoms with Crippen LogP contribution in [0.15, 0.2) is 321 Å². The Kier molecular flexibility index (Phi) is 53.8. The number of aliphatic hydroxyl groups is 4. The molecule has 15 rings (SSSR count). The fourth-order valence-corrected chi connectivity index (χ4v) is 14.1. The molecule has 6 heterocycles. The number of fused-ring (bicyclic) bond motifs is 6. The molecule has 13 nitrogen and oxygen atoms in total. The molecule has 1 aliphatic carbocycles. The van der Waals surface area contributed by atoms with Crippen LogP contribution in [-0.4, -0.2) is 68.5 Å². The van der Waals surface area contributed by atoms with Crippen LogP contribution in [0, 0.1) is 37.3 Å². The van der Waals surface area contributed by atoms with E-state index in [9.17, 15) is 19.2 Å². The first-order valence-electron chi connectivity index (χ1n) is 39.9. The monoisotopic (exact) mass is 2560 g/mol. The molecule has 6 aromatic heterocycles. The SMILES string of the molecule is CC(=O)C=C(C)O.CC(=O)C=C(C)O.CC(=O)C=C(C)O.CC(=O)C=C(C)O.CCCCCCC1(CCCCCC)c2ccccc2-c2c[c-]c(-c3ccccn3)cc21.Cc1cccnc1-c1[c-]cccc1.[Ir].[Ir].[Ir].[Ir].[Ir].[c-]1c(-c2ccccn2)sc2ccccc12.[c-]1ccccc1-c1ccc2ccccc2n1.[c-]1ccccc1-c1nccc2ccccc12. The van der Waals surface area contributed by atoms with Gasteiger partial charge in [-0.2, -0.15) is 0 Å². The summed E-state index contributed by atoms with van der Waals surface area (Å²) in [5.41, 5.74) is 17.5. The van der Waals surface area contributed by atoms with Gasteiger partial charge >= 0.3 is 0 Å². The van der Waals surface area contributed by atoms with Crippen molar-refractivity contribution in [2.75, 3.05) is 0 Å². The number of hydrogen-bond acceptors (Lipinski definition) is 14. The fourth-order valence-electron chi connectivity index (χ4n) is 13.1. The largest absolute Gasteiger partial charge is 0.512 e. The third kappa shape index (κ3) is 37.9. The zero-order valence-corrected chi connectivity index (χ0v) is 84.4. The van der Waals surface area contributed by atoms with Gasteiger partial charge in [0.25, 0.3) is 0 Å². The molecule has 0 aliphatic heterocycles. The van der Waals surface area contributed by atoms with Gasteiger partial charge < -0.3 is 40.4 Å². The average Bonchev–Trinajstić information content (AvgIpc) is 1.56. The number of thiophene rings is 1. The first kappa shape index (κ1) is 110. The number of aliphatic hydroxyl groups excluding tert-OH is 4. The molecule has 0 bridgehead atoms. The smallest absolute Gasteiger partial charge is 0.155 e. The molecule has 0 unspecified atom stereocenters. The van der Waals surface area contributed by atoms with Crippen molar-refractivity contribution in [3.05, 3.63) is 368 Å². The maximum atomic E-state index is 10.0. The van der Waals surface area contributed by atoms with Crippen LogP contribution in [0.4, 0.5) is 0 Å².